The molecule has 3 nitrogen and oxygen atoms in total. The number of hydrogen-bond acceptors (Lipinski definition) is 3. The Kier molecular flexibility index (Phi) is 8.76. The molecule has 0 saturated heterocycles. The highest BCUT2D eigenvalue weighted by Crippen LogP contribution is 2.49. The van der Waals surface area contributed by atoms with Gasteiger partial charge in [-0.05, 0) is 100 Å². The van der Waals surface area contributed by atoms with Gasteiger partial charge in [0.25, 0.3) is 0 Å². The Morgan fingerprint density at radius 2 is 0.971 bits per heavy atom. The highest BCUT2D eigenvalue weighted by atomic mass is 32.1. The zero-order chi connectivity index (χ0) is 44.7. The van der Waals surface area contributed by atoms with E-state index in [-0.39, 0.29) is 0 Å². The van der Waals surface area contributed by atoms with Gasteiger partial charge in [0.15, 0.2) is 0 Å². The SMILES string of the molecule is c1cc(-c2cccc3ccccc23)cc(N(c2cc(-c3ccccc3-n3c4ccccc4c4ccccc43)c3oc4ccccc4c3c2)c2ccccc2-c2ccc3sc4ccccc4c3c2)c1. The molecule has 0 aliphatic rings. The van der Waals surface area contributed by atoms with Crippen molar-refractivity contribution in [2.24, 2.45) is 0 Å². The lowest BCUT2D eigenvalue weighted by molar-refractivity contribution is 0.670. The largest absolute Gasteiger partial charge is 0.455 e. The number of aromatic nitrogens is 1. The van der Waals surface area contributed by atoms with Crippen LogP contribution in [0.15, 0.2) is 247 Å². The Labute approximate surface area is 396 Å². The van der Waals surface area contributed by atoms with Crippen LogP contribution in [0.4, 0.5) is 17.1 Å². The van der Waals surface area contributed by atoms with E-state index in [0.717, 1.165) is 78.0 Å². The average molecular weight is 885 g/mol. The van der Waals surface area contributed by atoms with Gasteiger partial charge in [0, 0.05) is 69.8 Å². The summed E-state index contributed by atoms with van der Waals surface area (Å²) in [6, 6.07) is 88.4. The molecule has 4 heteroatoms. The van der Waals surface area contributed by atoms with Crippen LogP contribution in [0, 0.1) is 0 Å². The van der Waals surface area contributed by atoms with Crippen LogP contribution in [0.2, 0.25) is 0 Å². The molecule has 0 spiro atoms. The zero-order valence-electron chi connectivity index (χ0n) is 36.8. The lowest BCUT2D eigenvalue weighted by Crippen LogP contribution is -2.11. The summed E-state index contributed by atoms with van der Waals surface area (Å²) in [6.07, 6.45) is 0. The fourth-order valence-corrected chi connectivity index (χ4v) is 11.8. The highest BCUT2D eigenvalue weighted by Gasteiger charge is 2.25. The number of thiophene rings is 1. The molecule has 0 radical (unpaired) electrons. The first kappa shape index (κ1) is 38.6. The number of fused-ring (bicyclic) bond motifs is 10. The number of furan rings is 1. The molecule has 68 heavy (non-hydrogen) atoms. The number of benzene rings is 11. The van der Waals surface area contributed by atoms with Gasteiger partial charge >= 0.3 is 0 Å². The van der Waals surface area contributed by atoms with Crippen molar-refractivity contribution in [3.8, 4) is 39.1 Å². The van der Waals surface area contributed by atoms with E-state index < -0.39 is 0 Å². The third-order valence-electron chi connectivity index (χ3n) is 13.8. The second-order valence-corrected chi connectivity index (χ2v) is 18.7. The first-order valence-electron chi connectivity index (χ1n) is 23.2. The van der Waals surface area contributed by atoms with Crippen molar-refractivity contribution in [1.29, 1.82) is 0 Å². The smallest absolute Gasteiger partial charge is 0.143 e. The Hall–Kier alpha value is -8.70. The minimum atomic E-state index is 0.857. The topological polar surface area (TPSA) is 21.3 Å². The second-order valence-electron chi connectivity index (χ2n) is 17.6. The van der Waals surface area contributed by atoms with Crippen LogP contribution in [0.25, 0.3) is 114 Å². The van der Waals surface area contributed by atoms with Crippen LogP contribution >= 0.6 is 11.3 Å². The number of rotatable bonds is 7. The van der Waals surface area contributed by atoms with Gasteiger partial charge in [-0.25, -0.2) is 0 Å². The Bertz CT molecular complexity index is 4240. The number of hydrogen-bond donors (Lipinski definition) is 0. The van der Waals surface area contributed by atoms with Gasteiger partial charge in [-0.1, -0.05) is 170 Å². The van der Waals surface area contributed by atoms with E-state index in [1.54, 1.807) is 0 Å². The van der Waals surface area contributed by atoms with Crippen LogP contribution in [0.5, 0.6) is 0 Å². The van der Waals surface area contributed by atoms with Gasteiger partial charge in [-0.2, -0.15) is 0 Å². The van der Waals surface area contributed by atoms with Crippen LogP contribution in [-0.2, 0) is 0 Å². The maximum atomic E-state index is 6.98. The zero-order valence-corrected chi connectivity index (χ0v) is 37.6. The summed E-state index contributed by atoms with van der Waals surface area (Å²) >= 11 is 1.85. The van der Waals surface area contributed by atoms with E-state index in [1.165, 1.54) is 52.8 Å². The lowest BCUT2D eigenvalue weighted by Gasteiger charge is -2.29. The lowest BCUT2D eigenvalue weighted by atomic mass is 9.96. The Morgan fingerprint density at radius 1 is 0.353 bits per heavy atom. The number of nitrogens with zero attached hydrogens (tertiary/aromatic N) is 2. The van der Waals surface area contributed by atoms with Gasteiger partial charge in [-0.3, -0.25) is 0 Å². The van der Waals surface area contributed by atoms with Crippen LogP contribution < -0.4 is 4.90 Å². The molecule has 11 aromatic carbocycles. The third kappa shape index (κ3) is 6.05. The predicted molar refractivity (Wildman–Crippen MR) is 289 cm³/mol. The molecular weight excluding hydrogens is 845 g/mol. The summed E-state index contributed by atoms with van der Waals surface area (Å²) in [5, 5.41) is 9.60. The van der Waals surface area contributed by atoms with Gasteiger partial charge < -0.3 is 13.9 Å². The van der Waals surface area contributed by atoms with Crippen molar-refractivity contribution in [1.82, 2.24) is 4.57 Å². The summed E-state index contributed by atoms with van der Waals surface area (Å²) < 4.78 is 12.0. The molecule has 3 heterocycles. The molecule has 0 atom stereocenters. The van der Waals surface area contributed by atoms with Gasteiger partial charge in [0.2, 0.25) is 0 Å². The molecule has 0 N–H and O–H groups in total. The van der Waals surface area contributed by atoms with Crippen molar-refractivity contribution in [2.75, 3.05) is 4.90 Å². The molecule has 0 saturated carbocycles. The van der Waals surface area contributed by atoms with Crippen molar-refractivity contribution in [3.05, 3.63) is 243 Å². The standard InChI is InChI=1S/C64H40N2OS/c1-2-21-46-41(17-1)18-16-28-47(46)42-19-15-20-44(37-42)65(57-29-9-3-22-48(57)43-35-36-63-54(38-43)53-27-8-14-34-62(53)68-63)45-39-55(64-56(40-45)52-26-7-13-33-61(52)67-64)51-25-6-12-32-60(51)66-58-30-10-4-23-49(58)50-24-5-11-31-59(50)66/h1-40H. The summed E-state index contributed by atoms with van der Waals surface area (Å²) in [7, 11) is 0. The van der Waals surface area contributed by atoms with Crippen molar-refractivity contribution in [3.63, 3.8) is 0 Å². The van der Waals surface area contributed by atoms with Crippen molar-refractivity contribution in [2.45, 2.75) is 0 Å². The molecule has 318 valence electrons. The molecule has 0 amide bonds. The molecular formula is C64H40N2OS. The van der Waals surface area contributed by atoms with Gasteiger partial charge in [-0.15, -0.1) is 11.3 Å². The van der Waals surface area contributed by atoms with Crippen molar-refractivity contribution < 1.29 is 4.42 Å². The highest BCUT2D eigenvalue weighted by molar-refractivity contribution is 7.25. The van der Waals surface area contributed by atoms with Crippen LogP contribution in [0.1, 0.15) is 0 Å². The first-order valence-corrected chi connectivity index (χ1v) is 24.0. The first-order chi connectivity index (χ1) is 33.7. The Balaban J connectivity index is 1.06. The van der Waals surface area contributed by atoms with E-state index in [1.807, 2.05) is 11.3 Å². The summed E-state index contributed by atoms with van der Waals surface area (Å²) in [6.45, 7) is 0. The molecule has 14 rings (SSSR count). The van der Waals surface area contributed by atoms with E-state index in [9.17, 15) is 0 Å². The molecule has 0 bridgehead atoms. The van der Waals surface area contributed by atoms with E-state index in [2.05, 4.69) is 252 Å². The third-order valence-corrected chi connectivity index (χ3v) is 14.9. The Morgan fingerprint density at radius 3 is 1.82 bits per heavy atom. The minimum absolute atomic E-state index is 0.857. The van der Waals surface area contributed by atoms with Crippen LogP contribution in [-0.4, -0.2) is 4.57 Å². The van der Waals surface area contributed by atoms with E-state index in [4.69, 9.17) is 4.42 Å². The number of para-hydroxylation sites is 5. The summed E-state index contributed by atoms with van der Waals surface area (Å²) in [5.74, 6) is 0. The van der Waals surface area contributed by atoms with Gasteiger partial charge in [0.1, 0.15) is 11.2 Å². The fraction of sp³-hybridized carbons (Fsp3) is 0. The second kappa shape index (κ2) is 15.5. The maximum Gasteiger partial charge on any atom is 0.143 e. The van der Waals surface area contributed by atoms with E-state index >= 15 is 0 Å². The molecule has 0 aliphatic heterocycles. The molecule has 0 unspecified atom stereocenters. The average Bonchev–Trinajstić information content (AvgIpc) is 4.08. The molecule has 0 fully saturated rings. The molecule has 14 aromatic rings. The van der Waals surface area contributed by atoms with Crippen molar-refractivity contribution >= 4 is 103 Å². The summed E-state index contributed by atoms with van der Waals surface area (Å²) in [5.41, 5.74) is 15.0. The minimum Gasteiger partial charge on any atom is -0.455 e. The number of anilines is 3. The van der Waals surface area contributed by atoms with Crippen LogP contribution in [0.3, 0.4) is 0 Å². The fourth-order valence-electron chi connectivity index (χ4n) is 10.7. The normalized spacial score (nSPS) is 11.8. The van der Waals surface area contributed by atoms with Gasteiger partial charge in [0.05, 0.1) is 22.4 Å². The predicted octanol–water partition coefficient (Wildman–Crippen LogP) is 18.7. The summed E-state index contributed by atoms with van der Waals surface area (Å²) in [4.78, 5) is 2.47. The quantitative estimate of drug-likeness (QED) is 0.159. The monoisotopic (exact) mass is 884 g/mol. The van der Waals surface area contributed by atoms with E-state index in [0.29, 0.717) is 0 Å². The maximum absolute atomic E-state index is 6.98. The molecule has 0 aliphatic carbocycles. The molecule has 3 aromatic heterocycles.